The smallest absolute Gasteiger partial charge is 0.317 e. The van der Waals surface area contributed by atoms with Gasteiger partial charge in [-0.25, -0.2) is 9.18 Å². The van der Waals surface area contributed by atoms with Crippen LogP contribution in [0.4, 0.5) is 14.9 Å². The largest absolute Gasteiger partial charge is 0.374 e. The fourth-order valence-corrected chi connectivity index (χ4v) is 4.03. The van der Waals surface area contributed by atoms with Crippen LogP contribution in [0.5, 0.6) is 0 Å². The molecule has 0 radical (unpaired) electrons. The van der Waals surface area contributed by atoms with Crippen LogP contribution in [0.3, 0.4) is 0 Å². The lowest BCUT2D eigenvalue weighted by molar-refractivity contribution is -0.0294. The van der Waals surface area contributed by atoms with E-state index in [1.54, 1.807) is 17.0 Å². The maximum atomic E-state index is 14.4. The Morgan fingerprint density at radius 3 is 2.57 bits per heavy atom. The molecule has 2 fully saturated rings. The van der Waals surface area contributed by atoms with Gasteiger partial charge in [0.25, 0.3) is 0 Å². The van der Waals surface area contributed by atoms with Gasteiger partial charge in [0, 0.05) is 57.9 Å². The average molecular weight is 421 g/mol. The van der Waals surface area contributed by atoms with Gasteiger partial charge in [-0.3, -0.25) is 9.69 Å². The van der Waals surface area contributed by atoms with Crippen molar-refractivity contribution >= 4 is 17.5 Å². The highest BCUT2D eigenvalue weighted by atomic mass is 19.1. The number of hydrogen-bond acceptors (Lipinski definition) is 5. The minimum absolute atomic E-state index is 0.0108. The quantitative estimate of drug-likeness (QED) is 0.715. The van der Waals surface area contributed by atoms with E-state index in [9.17, 15) is 14.0 Å². The second-order valence-electron chi connectivity index (χ2n) is 8.53. The van der Waals surface area contributed by atoms with Crippen molar-refractivity contribution in [2.75, 3.05) is 63.9 Å². The minimum Gasteiger partial charge on any atom is -0.374 e. The fourth-order valence-electron chi connectivity index (χ4n) is 4.03. The molecule has 166 valence electrons. The summed E-state index contributed by atoms with van der Waals surface area (Å²) in [5.74, 6) is 0.0513. The van der Waals surface area contributed by atoms with Crippen LogP contribution in [0.2, 0.25) is 0 Å². The zero-order valence-corrected chi connectivity index (χ0v) is 18.2. The van der Waals surface area contributed by atoms with Crippen LogP contribution in [0.1, 0.15) is 31.1 Å². The van der Waals surface area contributed by atoms with Crippen molar-refractivity contribution in [1.82, 2.24) is 15.1 Å². The molecule has 0 saturated carbocycles. The molecule has 1 N–H and O–H groups in total. The van der Waals surface area contributed by atoms with Crippen molar-refractivity contribution in [3.05, 3.63) is 29.6 Å². The third-order valence-electron chi connectivity index (χ3n) is 5.59. The predicted molar refractivity (Wildman–Crippen MR) is 115 cm³/mol. The van der Waals surface area contributed by atoms with Gasteiger partial charge in [0.2, 0.25) is 0 Å². The maximum absolute atomic E-state index is 14.4. The molecule has 1 aromatic rings. The van der Waals surface area contributed by atoms with Crippen molar-refractivity contribution < 1.29 is 18.7 Å². The number of hydrogen-bond donors (Lipinski definition) is 1. The Bertz CT molecular complexity index is 750. The Kier molecular flexibility index (Phi) is 7.66. The molecule has 0 aromatic heterocycles. The standard InChI is InChI=1S/C22H33FN4O3/c1-16(2)14-25-10-11-30-19(15-25)13-24-22(29)27-8-6-26(7-9-27)21-5-4-18(17(3)28)12-20(21)23/h4-5,12,16,19H,6-11,13-15H2,1-3H3,(H,24,29)/t19-/m1/s1. The number of Topliss-reactive ketones (excluding diaryl/α,β-unsaturated/α-hetero) is 1. The van der Waals surface area contributed by atoms with E-state index in [0.717, 1.165) is 19.6 Å². The monoisotopic (exact) mass is 420 g/mol. The number of rotatable bonds is 6. The summed E-state index contributed by atoms with van der Waals surface area (Å²) >= 11 is 0. The van der Waals surface area contributed by atoms with E-state index in [-0.39, 0.29) is 17.9 Å². The number of piperazine rings is 1. The zero-order valence-electron chi connectivity index (χ0n) is 18.2. The first-order valence-electron chi connectivity index (χ1n) is 10.8. The molecular weight excluding hydrogens is 387 g/mol. The third kappa shape index (κ3) is 5.92. The molecule has 2 amide bonds. The summed E-state index contributed by atoms with van der Waals surface area (Å²) in [6, 6.07) is 4.47. The lowest BCUT2D eigenvalue weighted by Gasteiger charge is -2.37. The summed E-state index contributed by atoms with van der Waals surface area (Å²) in [7, 11) is 0. The molecule has 1 atom stereocenters. The topological polar surface area (TPSA) is 65.1 Å². The van der Waals surface area contributed by atoms with Crippen molar-refractivity contribution in [2.45, 2.75) is 26.9 Å². The summed E-state index contributed by atoms with van der Waals surface area (Å²) in [6.07, 6.45) is 0.0108. The predicted octanol–water partition coefficient (Wildman–Crippen LogP) is 2.22. The van der Waals surface area contributed by atoms with Crippen molar-refractivity contribution in [3.63, 3.8) is 0 Å². The number of nitrogens with zero attached hydrogens (tertiary/aromatic N) is 3. The lowest BCUT2D eigenvalue weighted by Crippen LogP contribution is -2.54. The Hall–Kier alpha value is -2.19. The summed E-state index contributed by atoms with van der Waals surface area (Å²) in [4.78, 5) is 30.0. The molecule has 2 aliphatic heterocycles. The van der Waals surface area contributed by atoms with Crippen LogP contribution >= 0.6 is 0 Å². The van der Waals surface area contributed by atoms with Gasteiger partial charge < -0.3 is 19.9 Å². The van der Waals surface area contributed by atoms with Gasteiger partial charge >= 0.3 is 6.03 Å². The SMILES string of the molecule is CC(=O)c1ccc(N2CCN(C(=O)NC[C@@H]3CN(CC(C)C)CCO3)CC2)c(F)c1. The van der Waals surface area contributed by atoms with E-state index in [1.807, 2.05) is 4.90 Å². The van der Waals surface area contributed by atoms with E-state index < -0.39 is 5.82 Å². The Labute approximate surface area is 178 Å². The van der Waals surface area contributed by atoms with E-state index in [1.165, 1.54) is 13.0 Å². The van der Waals surface area contributed by atoms with Gasteiger partial charge in [0.15, 0.2) is 5.78 Å². The number of nitrogens with one attached hydrogen (secondary N) is 1. The number of morpholine rings is 1. The highest BCUT2D eigenvalue weighted by molar-refractivity contribution is 5.94. The minimum atomic E-state index is -0.402. The molecule has 2 saturated heterocycles. The summed E-state index contributed by atoms with van der Waals surface area (Å²) < 4.78 is 20.2. The summed E-state index contributed by atoms with van der Waals surface area (Å²) in [5, 5.41) is 2.99. The first-order chi connectivity index (χ1) is 14.3. The van der Waals surface area contributed by atoms with Gasteiger partial charge in [-0.15, -0.1) is 0 Å². The van der Waals surface area contributed by atoms with Gasteiger partial charge in [0.05, 0.1) is 18.4 Å². The second-order valence-corrected chi connectivity index (χ2v) is 8.53. The number of anilines is 1. The second kappa shape index (κ2) is 10.2. The molecule has 0 bridgehead atoms. The van der Waals surface area contributed by atoms with Gasteiger partial charge in [-0.05, 0) is 31.0 Å². The maximum Gasteiger partial charge on any atom is 0.317 e. The van der Waals surface area contributed by atoms with Crippen molar-refractivity contribution in [3.8, 4) is 0 Å². The number of ketones is 1. The summed E-state index contributed by atoms with van der Waals surface area (Å²) in [6.45, 7) is 12.0. The lowest BCUT2D eigenvalue weighted by atomic mass is 10.1. The zero-order chi connectivity index (χ0) is 21.7. The molecular formula is C22H33FN4O3. The van der Waals surface area contributed by atoms with Crippen LogP contribution < -0.4 is 10.2 Å². The number of urea groups is 1. The van der Waals surface area contributed by atoms with Crippen molar-refractivity contribution in [1.29, 1.82) is 0 Å². The molecule has 8 heteroatoms. The molecule has 2 aliphatic rings. The van der Waals surface area contributed by atoms with E-state index >= 15 is 0 Å². The molecule has 2 heterocycles. The first kappa shape index (κ1) is 22.5. The normalized spacial score (nSPS) is 20.5. The van der Waals surface area contributed by atoms with E-state index in [2.05, 4.69) is 24.1 Å². The number of amides is 2. The number of ether oxygens (including phenoxy) is 1. The molecule has 7 nitrogen and oxygen atoms in total. The van der Waals surface area contributed by atoms with Crippen LogP contribution in [-0.4, -0.2) is 86.7 Å². The Balaban J connectivity index is 1.45. The molecule has 1 aromatic carbocycles. The molecule has 3 rings (SSSR count). The number of carbonyl (C=O) groups is 2. The molecule has 0 aliphatic carbocycles. The number of benzene rings is 1. The number of halogens is 1. The fraction of sp³-hybridized carbons (Fsp3) is 0.636. The molecule has 0 spiro atoms. The van der Waals surface area contributed by atoms with Crippen LogP contribution in [0.25, 0.3) is 0 Å². The highest BCUT2D eigenvalue weighted by Gasteiger charge is 2.25. The highest BCUT2D eigenvalue weighted by Crippen LogP contribution is 2.22. The number of carbonyl (C=O) groups excluding carboxylic acids is 2. The Morgan fingerprint density at radius 2 is 1.93 bits per heavy atom. The van der Waals surface area contributed by atoms with Gasteiger partial charge in [-0.1, -0.05) is 13.8 Å². The van der Waals surface area contributed by atoms with Gasteiger partial charge in [-0.2, -0.15) is 0 Å². The first-order valence-corrected chi connectivity index (χ1v) is 10.8. The van der Waals surface area contributed by atoms with Crippen LogP contribution in [0, 0.1) is 11.7 Å². The average Bonchev–Trinajstić information content (AvgIpc) is 2.72. The van der Waals surface area contributed by atoms with Crippen molar-refractivity contribution in [2.24, 2.45) is 5.92 Å². The van der Waals surface area contributed by atoms with Crippen LogP contribution in [-0.2, 0) is 4.74 Å². The Morgan fingerprint density at radius 1 is 1.20 bits per heavy atom. The molecule has 0 unspecified atom stereocenters. The van der Waals surface area contributed by atoms with E-state index in [0.29, 0.717) is 56.5 Å². The third-order valence-corrected chi connectivity index (χ3v) is 5.59. The molecule has 30 heavy (non-hydrogen) atoms. The van der Waals surface area contributed by atoms with E-state index in [4.69, 9.17) is 4.74 Å². The van der Waals surface area contributed by atoms with Gasteiger partial charge in [0.1, 0.15) is 5.82 Å². The summed E-state index contributed by atoms with van der Waals surface area (Å²) in [5.41, 5.74) is 0.840. The van der Waals surface area contributed by atoms with Crippen LogP contribution in [0.15, 0.2) is 18.2 Å².